The van der Waals surface area contributed by atoms with Gasteiger partial charge >= 0.3 is 5.97 Å². The largest absolute Gasteiger partial charge is 0.481 e. The third-order valence-electron chi connectivity index (χ3n) is 3.22. The SMILES string of the molecule is NCc1cn(CC(=O)N2CCC[C@@H](C(=O)O)C2)nn1. The van der Waals surface area contributed by atoms with Crippen molar-refractivity contribution >= 4 is 11.9 Å². The summed E-state index contributed by atoms with van der Waals surface area (Å²) in [4.78, 5) is 24.6. The lowest BCUT2D eigenvalue weighted by atomic mass is 9.98. The van der Waals surface area contributed by atoms with Crippen LogP contribution in [0.3, 0.4) is 0 Å². The van der Waals surface area contributed by atoms with E-state index < -0.39 is 11.9 Å². The molecule has 0 saturated carbocycles. The highest BCUT2D eigenvalue weighted by Crippen LogP contribution is 2.16. The summed E-state index contributed by atoms with van der Waals surface area (Å²) in [5.41, 5.74) is 6.03. The fraction of sp³-hybridized carbons (Fsp3) is 0.636. The molecule has 104 valence electrons. The van der Waals surface area contributed by atoms with E-state index in [-0.39, 0.29) is 25.5 Å². The lowest BCUT2D eigenvalue weighted by Crippen LogP contribution is -2.43. The minimum atomic E-state index is -0.844. The van der Waals surface area contributed by atoms with Gasteiger partial charge in [0.1, 0.15) is 6.54 Å². The van der Waals surface area contributed by atoms with Gasteiger partial charge in [-0.05, 0) is 12.8 Å². The highest BCUT2D eigenvalue weighted by Gasteiger charge is 2.28. The summed E-state index contributed by atoms with van der Waals surface area (Å²) in [7, 11) is 0. The summed E-state index contributed by atoms with van der Waals surface area (Å²) >= 11 is 0. The van der Waals surface area contributed by atoms with E-state index in [1.165, 1.54) is 4.68 Å². The Bertz CT molecular complexity index is 473. The van der Waals surface area contributed by atoms with Crippen molar-refractivity contribution in [2.75, 3.05) is 13.1 Å². The summed E-state index contributed by atoms with van der Waals surface area (Å²) in [5.74, 6) is -1.45. The average molecular weight is 267 g/mol. The van der Waals surface area contributed by atoms with E-state index in [0.29, 0.717) is 25.1 Å². The van der Waals surface area contributed by atoms with Crippen LogP contribution in [-0.4, -0.2) is 50.0 Å². The van der Waals surface area contributed by atoms with Crippen LogP contribution in [0, 0.1) is 5.92 Å². The van der Waals surface area contributed by atoms with Gasteiger partial charge in [-0.25, -0.2) is 4.68 Å². The number of nitrogens with two attached hydrogens (primary N) is 1. The number of piperidine rings is 1. The maximum Gasteiger partial charge on any atom is 0.308 e. The van der Waals surface area contributed by atoms with Crippen LogP contribution in [0.15, 0.2) is 6.20 Å². The lowest BCUT2D eigenvalue weighted by Gasteiger charge is -2.30. The molecule has 1 saturated heterocycles. The number of aromatic nitrogens is 3. The fourth-order valence-electron chi connectivity index (χ4n) is 2.15. The van der Waals surface area contributed by atoms with Crippen LogP contribution < -0.4 is 5.73 Å². The third-order valence-corrected chi connectivity index (χ3v) is 3.22. The normalized spacial score (nSPS) is 19.4. The Kier molecular flexibility index (Phi) is 4.10. The first-order chi connectivity index (χ1) is 9.10. The molecule has 8 heteroatoms. The minimum Gasteiger partial charge on any atom is -0.481 e. The monoisotopic (exact) mass is 267 g/mol. The molecule has 19 heavy (non-hydrogen) atoms. The van der Waals surface area contributed by atoms with Crippen LogP contribution in [-0.2, 0) is 22.7 Å². The number of hydrogen-bond donors (Lipinski definition) is 2. The number of hydrogen-bond acceptors (Lipinski definition) is 5. The summed E-state index contributed by atoms with van der Waals surface area (Å²) in [6.07, 6.45) is 2.96. The Hall–Kier alpha value is -1.96. The molecular weight excluding hydrogens is 250 g/mol. The number of likely N-dealkylation sites (tertiary alicyclic amines) is 1. The molecule has 1 fully saturated rings. The molecule has 1 aromatic heterocycles. The zero-order valence-corrected chi connectivity index (χ0v) is 10.5. The molecule has 1 aliphatic rings. The van der Waals surface area contributed by atoms with Crippen molar-refractivity contribution in [2.24, 2.45) is 11.7 Å². The molecule has 0 unspecified atom stereocenters. The fourth-order valence-corrected chi connectivity index (χ4v) is 2.15. The molecule has 0 aliphatic carbocycles. The zero-order chi connectivity index (χ0) is 13.8. The molecule has 0 spiro atoms. The molecule has 2 rings (SSSR count). The first-order valence-corrected chi connectivity index (χ1v) is 6.20. The number of carboxylic acid groups (broad SMARTS) is 1. The molecule has 0 aromatic carbocycles. The van der Waals surface area contributed by atoms with Crippen molar-refractivity contribution in [3.63, 3.8) is 0 Å². The van der Waals surface area contributed by atoms with Gasteiger partial charge in [0.2, 0.25) is 5.91 Å². The Morgan fingerprint density at radius 1 is 1.53 bits per heavy atom. The minimum absolute atomic E-state index is 0.0688. The second-order valence-electron chi connectivity index (χ2n) is 4.63. The number of nitrogens with zero attached hydrogens (tertiary/aromatic N) is 4. The van der Waals surface area contributed by atoms with Crippen LogP contribution in [0.1, 0.15) is 18.5 Å². The van der Waals surface area contributed by atoms with E-state index in [9.17, 15) is 9.59 Å². The molecule has 2 heterocycles. The first kappa shape index (κ1) is 13.5. The van der Waals surface area contributed by atoms with Crippen LogP contribution in [0.5, 0.6) is 0 Å². The lowest BCUT2D eigenvalue weighted by molar-refractivity contribution is -0.145. The molecule has 0 bridgehead atoms. The van der Waals surface area contributed by atoms with Gasteiger partial charge < -0.3 is 15.7 Å². The van der Waals surface area contributed by atoms with E-state index in [0.717, 1.165) is 0 Å². The zero-order valence-electron chi connectivity index (χ0n) is 10.5. The van der Waals surface area contributed by atoms with E-state index in [4.69, 9.17) is 10.8 Å². The first-order valence-electron chi connectivity index (χ1n) is 6.20. The number of aliphatic carboxylic acids is 1. The van der Waals surface area contributed by atoms with Crippen molar-refractivity contribution in [3.8, 4) is 0 Å². The molecule has 0 radical (unpaired) electrons. The predicted octanol–water partition coefficient (Wildman–Crippen LogP) is -0.940. The highest BCUT2D eigenvalue weighted by molar-refractivity contribution is 5.77. The van der Waals surface area contributed by atoms with Gasteiger partial charge in [-0.15, -0.1) is 5.10 Å². The van der Waals surface area contributed by atoms with E-state index in [1.807, 2.05) is 0 Å². The number of carboxylic acids is 1. The standard InChI is InChI=1S/C11H17N5O3/c12-4-9-6-16(14-13-9)7-10(17)15-3-1-2-8(5-15)11(18)19/h6,8H,1-5,7,12H2,(H,18,19)/t8-/m1/s1. The number of carbonyl (C=O) groups excluding carboxylic acids is 1. The van der Waals surface area contributed by atoms with Crippen molar-refractivity contribution < 1.29 is 14.7 Å². The predicted molar refractivity (Wildman–Crippen MR) is 64.9 cm³/mol. The second-order valence-corrected chi connectivity index (χ2v) is 4.63. The molecule has 1 aromatic rings. The van der Waals surface area contributed by atoms with Gasteiger partial charge in [0.05, 0.1) is 17.8 Å². The van der Waals surface area contributed by atoms with Crippen molar-refractivity contribution in [1.82, 2.24) is 19.9 Å². The van der Waals surface area contributed by atoms with Crippen molar-refractivity contribution in [2.45, 2.75) is 25.9 Å². The molecule has 1 amide bonds. The van der Waals surface area contributed by atoms with Crippen LogP contribution in [0.4, 0.5) is 0 Å². The Balaban J connectivity index is 1.93. The molecule has 3 N–H and O–H groups in total. The Labute approximate surface area is 110 Å². The van der Waals surface area contributed by atoms with Gasteiger partial charge in [-0.2, -0.15) is 0 Å². The maximum atomic E-state index is 12.0. The van der Waals surface area contributed by atoms with Crippen molar-refractivity contribution in [1.29, 1.82) is 0 Å². The highest BCUT2D eigenvalue weighted by atomic mass is 16.4. The summed E-state index contributed by atoms with van der Waals surface area (Å²) in [6.45, 7) is 1.21. The van der Waals surface area contributed by atoms with E-state index >= 15 is 0 Å². The summed E-state index contributed by atoms with van der Waals surface area (Å²) < 4.78 is 1.43. The topological polar surface area (TPSA) is 114 Å². The van der Waals surface area contributed by atoms with Gasteiger partial charge in [0.25, 0.3) is 0 Å². The third kappa shape index (κ3) is 3.28. The van der Waals surface area contributed by atoms with Gasteiger partial charge in [-0.1, -0.05) is 5.21 Å². The number of amides is 1. The van der Waals surface area contributed by atoms with Gasteiger partial charge in [0.15, 0.2) is 0 Å². The number of rotatable bonds is 4. The van der Waals surface area contributed by atoms with Crippen LogP contribution >= 0.6 is 0 Å². The Morgan fingerprint density at radius 3 is 2.95 bits per heavy atom. The molecular formula is C11H17N5O3. The number of carbonyl (C=O) groups is 2. The summed E-state index contributed by atoms with van der Waals surface area (Å²) in [5, 5.41) is 16.6. The molecule has 1 aliphatic heterocycles. The van der Waals surface area contributed by atoms with Gasteiger partial charge in [-0.3, -0.25) is 9.59 Å². The molecule has 1 atom stereocenters. The van der Waals surface area contributed by atoms with E-state index in [1.54, 1.807) is 11.1 Å². The Morgan fingerprint density at radius 2 is 2.32 bits per heavy atom. The average Bonchev–Trinajstić information content (AvgIpc) is 2.86. The van der Waals surface area contributed by atoms with Crippen molar-refractivity contribution in [3.05, 3.63) is 11.9 Å². The summed E-state index contributed by atoms with van der Waals surface area (Å²) in [6, 6.07) is 0. The second kappa shape index (κ2) is 5.79. The van der Waals surface area contributed by atoms with E-state index in [2.05, 4.69) is 10.3 Å². The quantitative estimate of drug-likeness (QED) is 0.727. The maximum absolute atomic E-state index is 12.0. The van der Waals surface area contributed by atoms with Crippen LogP contribution in [0.2, 0.25) is 0 Å². The van der Waals surface area contributed by atoms with Crippen LogP contribution in [0.25, 0.3) is 0 Å². The molecule has 8 nitrogen and oxygen atoms in total. The van der Waals surface area contributed by atoms with Gasteiger partial charge in [0, 0.05) is 19.6 Å². The smallest absolute Gasteiger partial charge is 0.308 e.